The lowest BCUT2D eigenvalue weighted by Gasteiger charge is -2.30. The van der Waals surface area contributed by atoms with Crippen LogP contribution in [-0.2, 0) is 10.8 Å². The fourth-order valence-electron chi connectivity index (χ4n) is 19.3. The van der Waals surface area contributed by atoms with Gasteiger partial charge in [-0.3, -0.25) is 0 Å². The lowest BCUT2D eigenvalue weighted by molar-refractivity contribution is 0.660. The maximum Gasteiger partial charge on any atom is 0.0546 e. The number of hydrogen-bond donors (Lipinski definition) is 0. The summed E-state index contributed by atoms with van der Waals surface area (Å²) in [6, 6.07) is 166. The van der Waals surface area contributed by atoms with Crippen molar-refractivity contribution in [1.82, 2.24) is 0 Å². The lowest BCUT2D eigenvalue weighted by atomic mass is 9.81. The molecule has 0 amide bonds. The van der Waals surface area contributed by atoms with Gasteiger partial charge in [-0.25, -0.2) is 0 Å². The Bertz CT molecular complexity index is 7080. The third-order valence-electron chi connectivity index (χ3n) is 25.4. The maximum absolute atomic E-state index is 2.47. The van der Waals surface area contributed by atoms with Crippen LogP contribution in [-0.4, -0.2) is 0 Å². The molecule has 0 aliphatic heterocycles. The van der Waals surface area contributed by atoms with Crippen LogP contribution >= 0.6 is 0 Å². The second-order valence-electron chi connectivity index (χ2n) is 33.0. The number of nitrogens with zero attached hydrogens (tertiary/aromatic N) is 2. The maximum atomic E-state index is 2.47. The number of rotatable bonds is 17. The van der Waals surface area contributed by atoms with Gasteiger partial charge in [-0.1, -0.05) is 392 Å². The molecular weight excluding hydrogens is 1450 g/mol. The normalized spacial score (nSPS) is 12.6. The average Bonchev–Trinajstić information content (AvgIpc) is 1.51. The van der Waals surface area contributed by atoms with E-state index >= 15 is 0 Å². The van der Waals surface area contributed by atoms with Crippen LogP contribution in [0.5, 0.6) is 0 Å². The fraction of sp³-hybridized carbons (Fsp3) is 0.0508. The van der Waals surface area contributed by atoms with Crippen molar-refractivity contribution in [3.8, 4) is 145 Å². The van der Waals surface area contributed by atoms with Crippen LogP contribution in [0.4, 0.5) is 34.1 Å². The molecule has 0 heterocycles. The summed E-state index contributed by atoms with van der Waals surface area (Å²) >= 11 is 0. The van der Waals surface area contributed by atoms with Gasteiger partial charge in [-0.05, 0) is 251 Å². The second-order valence-corrected chi connectivity index (χ2v) is 33.0. The van der Waals surface area contributed by atoms with Crippen LogP contribution in [0.1, 0.15) is 49.9 Å². The topological polar surface area (TPSA) is 6.48 Å². The van der Waals surface area contributed by atoms with Crippen LogP contribution < -0.4 is 9.80 Å². The van der Waals surface area contributed by atoms with E-state index in [0.29, 0.717) is 0 Å². The first kappa shape index (κ1) is 72.7. The Balaban J connectivity index is 0.620. The molecule has 0 fully saturated rings. The summed E-state index contributed by atoms with van der Waals surface area (Å²) in [6.45, 7) is 9.49. The summed E-state index contributed by atoms with van der Waals surface area (Å²) in [5, 5.41) is 2.50. The number of para-hydroxylation sites is 1. The van der Waals surface area contributed by atoms with E-state index in [1.54, 1.807) is 0 Å². The molecule has 0 spiro atoms. The highest BCUT2D eigenvalue weighted by molar-refractivity contribution is 6.05. The minimum absolute atomic E-state index is 0.0531. The summed E-state index contributed by atoms with van der Waals surface area (Å²) in [4.78, 5) is 4.91. The van der Waals surface area contributed by atoms with E-state index in [1.165, 1.54) is 111 Å². The zero-order valence-corrected chi connectivity index (χ0v) is 67.6. The Labute approximate surface area is 704 Å². The minimum Gasteiger partial charge on any atom is -0.310 e. The molecule has 120 heavy (non-hydrogen) atoms. The molecule has 2 nitrogen and oxygen atoms in total. The van der Waals surface area contributed by atoms with Gasteiger partial charge in [-0.2, -0.15) is 0 Å². The molecule has 0 saturated carbocycles. The van der Waals surface area contributed by atoms with Crippen molar-refractivity contribution < 1.29 is 0 Å². The van der Waals surface area contributed by atoms with E-state index in [2.05, 4.69) is 486 Å². The standard InChI is InChI=1S/C118H86N2/c1-117(2)109-50-24-23-44-103(109)107-76-89(64-73-110(107)117)81-59-68-94(69-60-81)119(93-39-15-8-16-40-93)113-51-27-49-102(86-33-13-7-14-34-86)116(113)106-46-22-20-43-100(106)92-38-25-37-88(75-92)91-63-72-104-108-77-90(65-74-111(108)118(3,4)112(104)78-91)82-61-70-96(71-62-82)120(95-66-57-80(58-67-95)79-53-55-87(56-54-79)98-47-26-36-84-35-17-18-41-97(84)98)114-52-28-48-101(85-31-11-6-12-32-85)115(114)105-45-21-19-42-99(105)83-29-9-5-10-30-83/h5-78H,1-4H3. The molecule has 19 aromatic carbocycles. The average molecular weight is 1530 g/mol. The Morgan fingerprint density at radius 1 is 0.158 bits per heavy atom. The predicted molar refractivity (Wildman–Crippen MR) is 508 cm³/mol. The fourth-order valence-corrected chi connectivity index (χ4v) is 19.3. The predicted octanol–water partition coefficient (Wildman–Crippen LogP) is 32.7. The highest BCUT2D eigenvalue weighted by atomic mass is 15.2. The molecule has 0 atom stereocenters. The van der Waals surface area contributed by atoms with Crippen molar-refractivity contribution in [1.29, 1.82) is 0 Å². The van der Waals surface area contributed by atoms with Gasteiger partial charge in [0.05, 0.1) is 11.4 Å². The molecule has 19 aromatic rings. The van der Waals surface area contributed by atoms with Crippen LogP contribution in [0.25, 0.3) is 155 Å². The van der Waals surface area contributed by atoms with Crippen LogP contribution in [0.3, 0.4) is 0 Å². The highest BCUT2D eigenvalue weighted by Gasteiger charge is 2.38. The summed E-state index contributed by atoms with van der Waals surface area (Å²) in [5.41, 5.74) is 42.5. The zero-order valence-electron chi connectivity index (χ0n) is 67.6. The third kappa shape index (κ3) is 12.9. The Morgan fingerprint density at radius 2 is 0.458 bits per heavy atom. The number of anilines is 6. The molecule has 2 aliphatic carbocycles. The van der Waals surface area contributed by atoms with E-state index in [0.717, 1.165) is 101 Å². The van der Waals surface area contributed by atoms with Gasteiger partial charge < -0.3 is 9.80 Å². The third-order valence-corrected chi connectivity index (χ3v) is 25.4. The van der Waals surface area contributed by atoms with Crippen molar-refractivity contribution in [2.75, 3.05) is 9.80 Å². The molecule has 0 saturated heterocycles. The molecule has 0 N–H and O–H groups in total. The van der Waals surface area contributed by atoms with Gasteiger partial charge >= 0.3 is 0 Å². The quantitative estimate of drug-likeness (QED) is 0.0896. The largest absolute Gasteiger partial charge is 0.310 e. The first-order valence-electron chi connectivity index (χ1n) is 41.8. The molecule has 568 valence electrons. The van der Waals surface area contributed by atoms with E-state index in [4.69, 9.17) is 0 Å². The lowest BCUT2D eigenvalue weighted by Crippen LogP contribution is -2.15. The summed E-state index contributed by atoms with van der Waals surface area (Å²) in [6.07, 6.45) is 0. The molecule has 2 aliphatic rings. The molecule has 0 aromatic heterocycles. The zero-order chi connectivity index (χ0) is 80.4. The van der Waals surface area contributed by atoms with Crippen LogP contribution in [0.2, 0.25) is 0 Å². The van der Waals surface area contributed by atoms with Crippen molar-refractivity contribution in [2.24, 2.45) is 0 Å². The highest BCUT2D eigenvalue weighted by Crippen LogP contribution is 2.56. The monoisotopic (exact) mass is 1530 g/mol. The van der Waals surface area contributed by atoms with Crippen molar-refractivity contribution in [3.63, 3.8) is 0 Å². The number of fused-ring (bicyclic) bond motifs is 7. The van der Waals surface area contributed by atoms with Crippen LogP contribution in [0.15, 0.2) is 449 Å². The molecule has 0 radical (unpaired) electrons. The van der Waals surface area contributed by atoms with Gasteiger partial charge in [0, 0.05) is 44.7 Å². The van der Waals surface area contributed by atoms with E-state index in [1.807, 2.05) is 0 Å². The molecule has 0 bridgehead atoms. The Morgan fingerprint density at radius 3 is 0.992 bits per heavy atom. The first-order chi connectivity index (χ1) is 59.0. The Hall–Kier alpha value is -15.0. The second kappa shape index (κ2) is 30.3. The molecule has 0 unspecified atom stereocenters. The minimum atomic E-state index is -0.260. The van der Waals surface area contributed by atoms with Gasteiger partial charge in [0.25, 0.3) is 0 Å². The van der Waals surface area contributed by atoms with Crippen molar-refractivity contribution >= 4 is 44.9 Å². The molecule has 21 rings (SSSR count). The number of benzene rings is 19. The van der Waals surface area contributed by atoms with Gasteiger partial charge in [0.15, 0.2) is 0 Å². The molecular formula is C118H86N2. The summed E-state index contributed by atoms with van der Waals surface area (Å²) in [5.74, 6) is 0. The summed E-state index contributed by atoms with van der Waals surface area (Å²) < 4.78 is 0. The van der Waals surface area contributed by atoms with E-state index in [9.17, 15) is 0 Å². The SMILES string of the molecule is CC1(C)c2ccccc2-c2cc(-c3ccc(N(c4ccccc4)c4cccc(-c5ccccc5)c4-c4ccccc4-c4cccc(-c5ccc6c(c5)C(C)(C)c5ccc(-c7ccc(N(c8ccc(-c9ccc(-c%10cccc%11ccccc%10%11)cc9)cc8)c8cccc(-c9ccccc9)c8-c8ccccc8-c8ccccc8)cc7)cc5-6)c4)cc3)ccc21. The van der Waals surface area contributed by atoms with E-state index in [-0.39, 0.29) is 10.8 Å². The van der Waals surface area contributed by atoms with Gasteiger partial charge in [0.2, 0.25) is 0 Å². The van der Waals surface area contributed by atoms with Crippen molar-refractivity contribution in [3.05, 3.63) is 471 Å². The van der Waals surface area contributed by atoms with Crippen LogP contribution in [0, 0.1) is 0 Å². The molecule has 2 heteroatoms. The summed E-state index contributed by atoms with van der Waals surface area (Å²) in [7, 11) is 0. The van der Waals surface area contributed by atoms with Gasteiger partial charge in [-0.15, -0.1) is 0 Å². The van der Waals surface area contributed by atoms with Gasteiger partial charge in [0.1, 0.15) is 0 Å². The number of hydrogen-bond acceptors (Lipinski definition) is 2. The van der Waals surface area contributed by atoms with E-state index < -0.39 is 0 Å². The first-order valence-corrected chi connectivity index (χ1v) is 41.8. The Kier molecular flexibility index (Phi) is 18.3. The van der Waals surface area contributed by atoms with Crippen molar-refractivity contribution in [2.45, 2.75) is 38.5 Å². The smallest absolute Gasteiger partial charge is 0.0546 e.